The maximum absolute atomic E-state index is 11.5. The van der Waals surface area contributed by atoms with Gasteiger partial charge in [-0.05, 0) is 51.0 Å². The maximum atomic E-state index is 11.5. The van der Waals surface area contributed by atoms with Crippen LogP contribution in [-0.4, -0.2) is 19.7 Å². The molecule has 118 valence electrons. The minimum atomic E-state index is -0.257. The van der Waals surface area contributed by atoms with Crippen molar-refractivity contribution >= 4 is 5.97 Å². The highest BCUT2D eigenvalue weighted by molar-refractivity contribution is 5.71. The van der Waals surface area contributed by atoms with Crippen molar-refractivity contribution in [3.8, 4) is 17.6 Å². The molecule has 0 amide bonds. The van der Waals surface area contributed by atoms with E-state index in [-0.39, 0.29) is 18.3 Å². The van der Waals surface area contributed by atoms with Gasteiger partial charge in [0.1, 0.15) is 12.4 Å². The number of hydrogen-bond donors (Lipinski definition) is 0. The van der Waals surface area contributed by atoms with E-state index >= 15 is 0 Å². The molecule has 1 aromatic rings. The van der Waals surface area contributed by atoms with Gasteiger partial charge in [-0.1, -0.05) is 23.6 Å². The Hall–Kier alpha value is -2.21. The summed E-state index contributed by atoms with van der Waals surface area (Å²) in [5.74, 6) is 6.32. The highest BCUT2D eigenvalue weighted by Gasteiger charge is 2.14. The summed E-state index contributed by atoms with van der Waals surface area (Å²) in [6.07, 6.45) is 0.258. The largest absolute Gasteiger partial charge is 0.489 e. The lowest BCUT2D eigenvalue weighted by molar-refractivity contribution is -0.140. The van der Waals surface area contributed by atoms with Crippen molar-refractivity contribution in [2.75, 3.05) is 13.7 Å². The van der Waals surface area contributed by atoms with E-state index < -0.39 is 0 Å². The van der Waals surface area contributed by atoms with Crippen LogP contribution in [0.15, 0.2) is 35.4 Å². The molecule has 3 nitrogen and oxygen atoms in total. The molecule has 0 saturated heterocycles. The van der Waals surface area contributed by atoms with Gasteiger partial charge in [0.25, 0.3) is 0 Å². The standard InChI is InChI=1S/C19H24O3/c1-6-7-17(12-19(20)21-5)16-8-10-18(11-9-16)22-13-15(4)14(2)3/h8-11,17H,12-13H2,1-5H3. The first-order valence-electron chi connectivity index (χ1n) is 7.32. The molecule has 3 heteroatoms. The summed E-state index contributed by atoms with van der Waals surface area (Å²) in [5, 5.41) is 0. The molecule has 0 aliphatic carbocycles. The van der Waals surface area contributed by atoms with Gasteiger partial charge in [0.15, 0.2) is 0 Å². The molecule has 1 atom stereocenters. The van der Waals surface area contributed by atoms with Crippen molar-refractivity contribution in [3.63, 3.8) is 0 Å². The maximum Gasteiger partial charge on any atom is 0.307 e. The van der Waals surface area contributed by atoms with Crippen molar-refractivity contribution in [2.45, 2.75) is 40.0 Å². The Bertz CT molecular complexity index is 581. The summed E-state index contributed by atoms with van der Waals surface area (Å²) >= 11 is 0. The van der Waals surface area contributed by atoms with Gasteiger partial charge in [-0.2, -0.15) is 0 Å². The molecule has 22 heavy (non-hydrogen) atoms. The number of carbonyl (C=O) groups excluding carboxylic acids is 1. The Labute approximate surface area is 133 Å². The summed E-state index contributed by atoms with van der Waals surface area (Å²) in [4.78, 5) is 11.5. The highest BCUT2D eigenvalue weighted by Crippen LogP contribution is 2.23. The van der Waals surface area contributed by atoms with Crippen LogP contribution >= 0.6 is 0 Å². The third-order valence-corrected chi connectivity index (χ3v) is 3.51. The zero-order chi connectivity index (χ0) is 16.5. The van der Waals surface area contributed by atoms with E-state index in [2.05, 4.69) is 32.6 Å². The lowest BCUT2D eigenvalue weighted by Gasteiger charge is -2.12. The van der Waals surface area contributed by atoms with Crippen molar-refractivity contribution in [1.29, 1.82) is 0 Å². The number of carbonyl (C=O) groups is 1. The SMILES string of the molecule is CC#CC(CC(=O)OC)c1ccc(OCC(C)=C(C)C)cc1. The van der Waals surface area contributed by atoms with Crippen molar-refractivity contribution in [3.05, 3.63) is 41.0 Å². The zero-order valence-corrected chi connectivity index (χ0v) is 14.0. The third kappa shape index (κ3) is 5.65. The number of rotatable bonds is 6. The second kappa shape index (κ2) is 8.94. The highest BCUT2D eigenvalue weighted by atomic mass is 16.5. The monoisotopic (exact) mass is 300 g/mol. The Balaban J connectivity index is 2.78. The van der Waals surface area contributed by atoms with Crippen LogP contribution in [0.3, 0.4) is 0 Å². The predicted molar refractivity (Wildman–Crippen MR) is 88.8 cm³/mol. The van der Waals surface area contributed by atoms with E-state index in [4.69, 9.17) is 9.47 Å². The Morgan fingerprint density at radius 3 is 2.32 bits per heavy atom. The second-order valence-electron chi connectivity index (χ2n) is 5.37. The van der Waals surface area contributed by atoms with E-state index in [0.717, 1.165) is 11.3 Å². The molecule has 0 heterocycles. The number of hydrogen-bond acceptors (Lipinski definition) is 3. The minimum Gasteiger partial charge on any atom is -0.489 e. The van der Waals surface area contributed by atoms with Crippen molar-refractivity contribution in [1.82, 2.24) is 0 Å². The first-order chi connectivity index (χ1) is 10.5. The van der Waals surface area contributed by atoms with Crippen molar-refractivity contribution in [2.24, 2.45) is 0 Å². The van der Waals surface area contributed by atoms with Crippen LogP contribution in [0.1, 0.15) is 45.6 Å². The molecule has 0 aliphatic heterocycles. The fourth-order valence-corrected chi connectivity index (χ4v) is 1.81. The van der Waals surface area contributed by atoms with Crippen LogP contribution in [0.5, 0.6) is 5.75 Å². The van der Waals surface area contributed by atoms with Gasteiger partial charge in [0.2, 0.25) is 0 Å². The molecule has 1 unspecified atom stereocenters. The quantitative estimate of drug-likeness (QED) is 0.451. The van der Waals surface area contributed by atoms with Gasteiger partial charge in [-0.3, -0.25) is 4.79 Å². The summed E-state index contributed by atoms with van der Waals surface area (Å²) in [6, 6.07) is 7.72. The molecule has 0 N–H and O–H groups in total. The summed E-state index contributed by atoms with van der Waals surface area (Å²) < 4.78 is 10.5. The molecule has 0 aromatic heterocycles. The van der Waals surface area contributed by atoms with Gasteiger partial charge >= 0.3 is 5.97 Å². The zero-order valence-electron chi connectivity index (χ0n) is 14.0. The Morgan fingerprint density at radius 1 is 1.18 bits per heavy atom. The van der Waals surface area contributed by atoms with Crippen LogP contribution in [-0.2, 0) is 9.53 Å². The first-order valence-corrected chi connectivity index (χ1v) is 7.32. The average Bonchev–Trinajstić information content (AvgIpc) is 2.52. The molecule has 1 aromatic carbocycles. The molecular formula is C19H24O3. The van der Waals surface area contributed by atoms with Gasteiger partial charge in [-0.25, -0.2) is 0 Å². The van der Waals surface area contributed by atoms with Gasteiger partial charge in [0.05, 0.1) is 19.4 Å². The van der Waals surface area contributed by atoms with Crippen LogP contribution in [0.25, 0.3) is 0 Å². The van der Waals surface area contributed by atoms with E-state index in [1.807, 2.05) is 24.3 Å². The molecule has 0 spiro atoms. The first kappa shape index (κ1) is 17.8. The fraction of sp³-hybridized carbons (Fsp3) is 0.421. The van der Waals surface area contributed by atoms with E-state index in [1.54, 1.807) is 6.92 Å². The topological polar surface area (TPSA) is 35.5 Å². The smallest absolute Gasteiger partial charge is 0.307 e. The van der Waals surface area contributed by atoms with Gasteiger partial charge < -0.3 is 9.47 Å². The fourth-order valence-electron chi connectivity index (χ4n) is 1.81. The number of methoxy groups -OCH3 is 1. The number of ether oxygens (including phenoxy) is 2. The molecule has 0 radical (unpaired) electrons. The molecule has 0 aliphatic rings. The average molecular weight is 300 g/mol. The lowest BCUT2D eigenvalue weighted by atomic mass is 9.96. The van der Waals surface area contributed by atoms with Crippen LogP contribution in [0, 0.1) is 11.8 Å². The number of benzene rings is 1. The third-order valence-electron chi connectivity index (χ3n) is 3.51. The second-order valence-corrected chi connectivity index (χ2v) is 5.37. The van der Waals surface area contributed by atoms with Crippen LogP contribution in [0.4, 0.5) is 0 Å². The minimum absolute atomic E-state index is 0.147. The van der Waals surface area contributed by atoms with Crippen LogP contribution in [0.2, 0.25) is 0 Å². The van der Waals surface area contributed by atoms with E-state index in [1.165, 1.54) is 18.3 Å². The molecule has 0 bridgehead atoms. The molecular weight excluding hydrogens is 276 g/mol. The van der Waals surface area contributed by atoms with Crippen molar-refractivity contribution < 1.29 is 14.3 Å². The lowest BCUT2D eigenvalue weighted by Crippen LogP contribution is -2.07. The normalized spacial score (nSPS) is 11.0. The molecule has 0 fully saturated rings. The molecule has 0 saturated carbocycles. The van der Waals surface area contributed by atoms with E-state index in [9.17, 15) is 4.79 Å². The summed E-state index contributed by atoms with van der Waals surface area (Å²) in [6.45, 7) is 8.56. The summed E-state index contributed by atoms with van der Waals surface area (Å²) in [5.41, 5.74) is 3.49. The molecule has 1 rings (SSSR count). The van der Waals surface area contributed by atoms with Crippen LogP contribution < -0.4 is 4.74 Å². The summed E-state index contributed by atoms with van der Waals surface area (Å²) in [7, 11) is 1.39. The van der Waals surface area contributed by atoms with Gasteiger partial charge in [0, 0.05) is 0 Å². The predicted octanol–water partition coefficient (Wildman–Crippen LogP) is 4.09. The Kier molecular flexibility index (Phi) is 7.25. The number of allylic oxidation sites excluding steroid dienone is 1. The Morgan fingerprint density at radius 2 is 1.82 bits per heavy atom. The number of esters is 1. The van der Waals surface area contributed by atoms with E-state index in [0.29, 0.717) is 6.61 Å². The van der Waals surface area contributed by atoms with Gasteiger partial charge in [-0.15, -0.1) is 5.92 Å².